The summed E-state index contributed by atoms with van der Waals surface area (Å²) in [5.74, 6) is 0.781. The first-order valence-electron chi connectivity index (χ1n) is 4.82. The second-order valence-electron chi connectivity index (χ2n) is 3.64. The third kappa shape index (κ3) is 3.37. The molecule has 2 N–H and O–H groups in total. The lowest BCUT2D eigenvalue weighted by Gasteiger charge is -2.20. The minimum absolute atomic E-state index is 0.239. The van der Waals surface area contributed by atoms with Gasteiger partial charge in [-0.15, -0.1) is 0 Å². The van der Waals surface area contributed by atoms with Crippen molar-refractivity contribution >= 4 is 0 Å². The van der Waals surface area contributed by atoms with Gasteiger partial charge in [0, 0.05) is 6.04 Å². The molecule has 1 rings (SSSR count). The van der Waals surface area contributed by atoms with Crippen LogP contribution in [0.2, 0.25) is 0 Å². The second kappa shape index (κ2) is 5.33. The number of aliphatic hydroxyl groups is 1. The van der Waals surface area contributed by atoms with E-state index in [2.05, 4.69) is 17.5 Å². The Bertz CT molecular complexity index is 145. The first-order chi connectivity index (χ1) is 5.83. The minimum atomic E-state index is 0.239. The lowest BCUT2D eigenvalue weighted by Crippen LogP contribution is -2.33. The van der Waals surface area contributed by atoms with Crippen molar-refractivity contribution in [1.29, 1.82) is 0 Å². The van der Waals surface area contributed by atoms with Crippen molar-refractivity contribution in [2.45, 2.75) is 32.2 Å². The van der Waals surface area contributed by atoms with Gasteiger partial charge in [0.05, 0.1) is 6.61 Å². The molecule has 0 unspecified atom stereocenters. The van der Waals surface area contributed by atoms with Crippen molar-refractivity contribution in [1.82, 2.24) is 5.32 Å². The SMILES string of the molecule is C[C@H](CO)NC[C@H]1CC=CCC1. The van der Waals surface area contributed by atoms with Gasteiger partial charge in [0.25, 0.3) is 0 Å². The number of rotatable bonds is 4. The molecular formula is C10H19NO. The van der Waals surface area contributed by atoms with Crippen LogP contribution < -0.4 is 5.32 Å². The fourth-order valence-corrected chi connectivity index (χ4v) is 1.47. The van der Waals surface area contributed by atoms with E-state index >= 15 is 0 Å². The molecular weight excluding hydrogens is 150 g/mol. The van der Waals surface area contributed by atoms with E-state index < -0.39 is 0 Å². The Labute approximate surface area is 74.7 Å². The first kappa shape index (κ1) is 9.75. The van der Waals surface area contributed by atoms with Crippen molar-refractivity contribution in [3.8, 4) is 0 Å². The number of aliphatic hydroxyl groups excluding tert-OH is 1. The molecule has 0 amide bonds. The zero-order valence-electron chi connectivity index (χ0n) is 7.79. The fraction of sp³-hybridized carbons (Fsp3) is 0.800. The topological polar surface area (TPSA) is 32.3 Å². The maximum atomic E-state index is 8.79. The van der Waals surface area contributed by atoms with Gasteiger partial charge in [-0.3, -0.25) is 0 Å². The van der Waals surface area contributed by atoms with Gasteiger partial charge in [0.2, 0.25) is 0 Å². The average molecular weight is 169 g/mol. The molecule has 1 aliphatic rings. The van der Waals surface area contributed by atoms with Crippen molar-refractivity contribution < 1.29 is 5.11 Å². The largest absolute Gasteiger partial charge is 0.395 e. The molecule has 0 heterocycles. The molecule has 1 aliphatic carbocycles. The third-order valence-corrected chi connectivity index (χ3v) is 2.41. The third-order valence-electron chi connectivity index (χ3n) is 2.41. The van der Waals surface area contributed by atoms with Crippen LogP contribution in [0.1, 0.15) is 26.2 Å². The monoisotopic (exact) mass is 169 g/mol. The summed E-state index contributed by atoms with van der Waals surface area (Å²) in [6.45, 7) is 3.30. The Morgan fingerprint density at radius 2 is 2.42 bits per heavy atom. The van der Waals surface area contributed by atoms with E-state index in [1.165, 1.54) is 19.3 Å². The highest BCUT2D eigenvalue weighted by atomic mass is 16.3. The van der Waals surface area contributed by atoms with Crippen LogP contribution >= 0.6 is 0 Å². The van der Waals surface area contributed by atoms with Crippen LogP contribution in [0, 0.1) is 5.92 Å². The zero-order valence-corrected chi connectivity index (χ0v) is 7.79. The molecule has 0 saturated heterocycles. The van der Waals surface area contributed by atoms with Crippen LogP contribution in [0.4, 0.5) is 0 Å². The number of allylic oxidation sites excluding steroid dienone is 2. The molecule has 0 fully saturated rings. The summed E-state index contributed by atoms with van der Waals surface area (Å²) in [6.07, 6.45) is 8.23. The Hall–Kier alpha value is -0.340. The smallest absolute Gasteiger partial charge is 0.0581 e. The van der Waals surface area contributed by atoms with E-state index in [1.54, 1.807) is 0 Å². The van der Waals surface area contributed by atoms with E-state index in [-0.39, 0.29) is 12.6 Å². The van der Waals surface area contributed by atoms with E-state index in [0.29, 0.717) is 0 Å². The summed E-state index contributed by atoms with van der Waals surface area (Å²) < 4.78 is 0. The van der Waals surface area contributed by atoms with E-state index in [0.717, 1.165) is 12.5 Å². The van der Waals surface area contributed by atoms with Gasteiger partial charge in [-0.25, -0.2) is 0 Å². The Balaban J connectivity index is 2.10. The van der Waals surface area contributed by atoms with Gasteiger partial charge >= 0.3 is 0 Å². The first-order valence-corrected chi connectivity index (χ1v) is 4.82. The van der Waals surface area contributed by atoms with Crippen molar-refractivity contribution in [2.24, 2.45) is 5.92 Å². The van der Waals surface area contributed by atoms with E-state index in [4.69, 9.17) is 5.11 Å². The average Bonchev–Trinajstić information content (AvgIpc) is 2.16. The number of nitrogens with one attached hydrogen (secondary N) is 1. The predicted molar refractivity (Wildman–Crippen MR) is 51.0 cm³/mol. The molecule has 2 heteroatoms. The molecule has 0 aromatic heterocycles. The van der Waals surface area contributed by atoms with Crippen LogP contribution in [-0.4, -0.2) is 24.3 Å². The van der Waals surface area contributed by atoms with Crippen LogP contribution in [0.3, 0.4) is 0 Å². The van der Waals surface area contributed by atoms with Crippen LogP contribution in [0.5, 0.6) is 0 Å². The quantitative estimate of drug-likeness (QED) is 0.622. The Morgan fingerprint density at radius 3 is 3.00 bits per heavy atom. The van der Waals surface area contributed by atoms with Crippen LogP contribution in [0.25, 0.3) is 0 Å². The van der Waals surface area contributed by atoms with E-state index in [1.807, 2.05) is 6.92 Å². The van der Waals surface area contributed by atoms with E-state index in [9.17, 15) is 0 Å². The van der Waals surface area contributed by atoms with Crippen molar-refractivity contribution in [3.63, 3.8) is 0 Å². The summed E-state index contributed by atoms with van der Waals surface area (Å²) in [5.41, 5.74) is 0. The van der Waals surface area contributed by atoms with Crippen molar-refractivity contribution in [3.05, 3.63) is 12.2 Å². The molecule has 0 spiro atoms. The molecule has 2 nitrogen and oxygen atoms in total. The maximum absolute atomic E-state index is 8.79. The fourth-order valence-electron chi connectivity index (χ4n) is 1.47. The second-order valence-corrected chi connectivity index (χ2v) is 3.64. The maximum Gasteiger partial charge on any atom is 0.0581 e. The lowest BCUT2D eigenvalue weighted by atomic mass is 9.94. The summed E-state index contributed by atoms with van der Waals surface area (Å²) in [5, 5.41) is 12.1. The summed E-state index contributed by atoms with van der Waals surface area (Å²) in [6, 6.07) is 0.246. The molecule has 0 aromatic carbocycles. The molecule has 2 atom stereocenters. The molecule has 0 aliphatic heterocycles. The molecule has 0 radical (unpaired) electrons. The Kier molecular flexibility index (Phi) is 4.33. The zero-order chi connectivity index (χ0) is 8.81. The van der Waals surface area contributed by atoms with Gasteiger partial charge in [-0.05, 0) is 38.6 Å². The molecule has 0 saturated carbocycles. The van der Waals surface area contributed by atoms with Crippen molar-refractivity contribution in [2.75, 3.05) is 13.2 Å². The van der Waals surface area contributed by atoms with Gasteiger partial charge < -0.3 is 10.4 Å². The predicted octanol–water partition coefficient (Wildman–Crippen LogP) is 1.31. The highest BCUT2D eigenvalue weighted by Gasteiger charge is 2.10. The van der Waals surface area contributed by atoms with Crippen LogP contribution in [-0.2, 0) is 0 Å². The standard InChI is InChI=1S/C10H19NO/c1-9(8-12)11-7-10-5-3-2-4-6-10/h2-3,9-12H,4-8H2,1H3/t9-,10+/m1/s1. The van der Waals surface area contributed by atoms with Gasteiger partial charge in [0.15, 0.2) is 0 Å². The summed E-state index contributed by atoms with van der Waals surface area (Å²) >= 11 is 0. The van der Waals surface area contributed by atoms with Gasteiger partial charge in [-0.2, -0.15) is 0 Å². The van der Waals surface area contributed by atoms with Crippen LogP contribution in [0.15, 0.2) is 12.2 Å². The molecule has 0 aromatic rings. The summed E-state index contributed by atoms with van der Waals surface area (Å²) in [4.78, 5) is 0. The Morgan fingerprint density at radius 1 is 1.58 bits per heavy atom. The highest BCUT2D eigenvalue weighted by molar-refractivity contribution is 4.90. The summed E-state index contributed by atoms with van der Waals surface area (Å²) in [7, 11) is 0. The normalized spacial score (nSPS) is 25.7. The number of hydrogen-bond donors (Lipinski definition) is 2. The molecule has 12 heavy (non-hydrogen) atoms. The minimum Gasteiger partial charge on any atom is -0.395 e. The molecule has 0 bridgehead atoms. The lowest BCUT2D eigenvalue weighted by molar-refractivity contribution is 0.244. The highest BCUT2D eigenvalue weighted by Crippen LogP contribution is 2.16. The molecule has 70 valence electrons. The number of hydrogen-bond acceptors (Lipinski definition) is 2. The van der Waals surface area contributed by atoms with Gasteiger partial charge in [-0.1, -0.05) is 12.2 Å². The van der Waals surface area contributed by atoms with Gasteiger partial charge in [0.1, 0.15) is 0 Å².